The predicted molar refractivity (Wildman–Crippen MR) is 35.2 cm³/mol. The summed E-state index contributed by atoms with van der Waals surface area (Å²) in [6.45, 7) is 0.948. The number of ether oxygens (including phenoxy) is 1. The quantitative estimate of drug-likeness (QED) is 0.555. The zero-order valence-electron chi connectivity index (χ0n) is 5.42. The van der Waals surface area contributed by atoms with E-state index in [2.05, 4.69) is 6.08 Å². The summed E-state index contributed by atoms with van der Waals surface area (Å²) in [7, 11) is 0. The van der Waals surface area contributed by atoms with Crippen LogP contribution in [0.3, 0.4) is 0 Å². The second-order valence-corrected chi connectivity index (χ2v) is 2.17. The van der Waals surface area contributed by atoms with Crippen molar-refractivity contribution in [2.45, 2.75) is 18.9 Å². The first kappa shape index (κ1) is 6.78. The Kier molecular flexibility index (Phi) is 2.74. The Morgan fingerprint density at radius 1 is 1.56 bits per heavy atom. The van der Waals surface area contributed by atoms with E-state index in [-0.39, 0.29) is 12.7 Å². The Labute approximate surface area is 55.1 Å². The largest absolute Gasteiger partial charge is 0.396 e. The molecule has 0 bridgehead atoms. The van der Waals surface area contributed by atoms with Gasteiger partial charge in [-0.05, 0) is 12.8 Å². The minimum atomic E-state index is 0.235. The fraction of sp³-hybridized carbons (Fsp3) is 0.714. The van der Waals surface area contributed by atoms with Crippen molar-refractivity contribution in [3.63, 3.8) is 0 Å². The van der Waals surface area contributed by atoms with Crippen molar-refractivity contribution >= 4 is 0 Å². The molecule has 0 radical (unpaired) electrons. The number of rotatable bonds is 2. The van der Waals surface area contributed by atoms with Gasteiger partial charge in [-0.3, -0.25) is 0 Å². The van der Waals surface area contributed by atoms with Crippen LogP contribution in [0.15, 0.2) is 12.2 Å². The first-order chi connectivity index (χ1) is 4.43. The van der Waals surface area contributed by atoms with Gasteiger partial charge in [0, 0.05) is 6.61 Å². The number of hydrogen-bond acceptors (Lipinski definition) is 2. The molecule has 0 spiro atoms. The average Bonchev–Trinajstić information content (AvgIpc) is 1.91. The molecule has 1 atom stereocenters. The molecule has 0 aromatic rings. The Balaban J connectivity index is 2.18. The maximum Gasteiger partial charge on any atom is 0.0651 e. The number of aliphatic hydroxyl groups excluding tert-OH is 1. The van der Waals surface area contributed by atoms with E-state index in [4.69, 9.17) is 9.84 Å². The van der Waals surface area contributed by atoms with E-state index < -0.39 is 0 Å². The van der Waals surface area contributed by atoms with Crippen molar-refractivity contribution < 1.29 is 9.84 Å². The smallest absolute Gasteiger partial charge is 0.0651 e. The molecule has 1 rings (SSSR count). The van der Waals surface area contributed by atoms with E-state index in [0.717, 1.165) is 12.8 Å². The fourth-order valence-corrected chi connectivity index (χ4v) is 0.921. The lowest BCUT2D eigenvalue weighted by Gasteiger charge is -2.16. The van der Waals surface area contributed by atoms with Crippen molar-refractivity contribution in [1.29, 1.82) is 0 Å². The molecule has 0 aliphatic carbocycles. The fourth-order valence-electron chi connectivity index (χ4n) is 0.921. The van der Waals surface area contributed by atoms with E-state index in [1.807, 2.05) is 6.08 Å². The molecule has 1 aliphatic heterocycles. The van der Waals surface area contributed by atoms with Gasteiger partial charge in [-0.15, -0.1) is 0 Å². The second kappa shape index (κ2) is 3.64. The van der Waals surface area contributed by atoms with Crippen LogP contribution >= 0.6 is 0 Å². The average molecular weight is 128 g/mol. The third-order valence-electron chi connectivity index (χ3n) is 1.44. The Morgan fingerprint density at radius 2 is 2.44 bits per heavy atom. The minimum absolute atomic E-state index is 0.235. The van der Waals surface area contributed by atoms with Crippen molar-refractivity contribution in [2.75, 3.05) is 13.2 Å². The molecule has 0 fully saturated rings. The van der Waals surface area contributed by atoms with E-state index in [9.17, 15) is 0 Å². The van der Waals surface area contributed by atoms with Gasteiger partial charge in [0.2, 0.25) is 0 Å². The van der Waals surface area contributed by atoms with Gasteiger partial charge in [0.25, 0.3) is 0 Å². The van der Waals surface area contributed by atoms with Gasteiger partial charge >= 0.3 is 0 Å². The van der Waals surface area contributed by atoms with E-state index >= 15 is 0 Å². The molecular formula is C7H12O2. The highest BCUT2D eigenvalue weighted by molar-refractivity contribution is 4.88. The van der Waals surface area contributed by atoms with Gasteiger partial charge in [-0.25, -0.2) is 0 Å². The van der Waals surface area contributed by atoms with Gasteiger partial charge in [0.05, 0.1) is 12.7 Å². The Hall–Kier alpha value is -0.340. The van der Waals surface area contributed by atoms with Gasteiger partial charge in [-0.2, -0.15) is 0 Å². The molecule has 1 heterocycles. The van der Waals surface area contributed by atoms with Crippen LogP contribution in [0.25, 0.3) is 0 Å². The van der Waals surface area contributed by atoms with Crippen molar-refractivity contribution in [1.82, 2.24) is 0 Å². The molecule has 1 unspecified atom stereocenters. The molecule has 52 valence electrons. The summed E-state index contributed by atoms with van der Waals surface area (Å²) in [5.74, 6) is 0. The first-order valence-corrected chi connectivity index (χ1v) is 3.31. The summed E-state index contributed by atoms with van der Waals surface area (Å²) in [6.07, 6.45) is 6.10. The molecule has 1 N–H and O–H groups in total. The van der Waals surface area contributed by atoms with E-state index in [1.165, 1.54) is 0 Å². The molecule has 2 heteroatoms. The maximum absolute atomic E-state index is 8.51. The molecule has 0 saturated carbocycles. The van der Waals surface area contributed by atoms with Crippen LogP contribution in [0.5, 0.6) is 0 Å². The highest BCUT2D eigenvalue weighted by atomic mass is 16.5. The van der Waals surface area contributed by atoms with E-state index in [1.54, 1.807) is 0 Å². The molecule has 1 aliphatic rings. The van der Waals surface area contributed by atoms with Crippen molar-refractivity contribution in [3.05, 3.63) is 12.2 Å². The van der Waals surface area contributed by atoms with Crippen LogP contribution < -0.4 is 0 Å². The molecular weight excluding hydrogens is 116 g/mol. The summed E-state index contributed by atoms with van der Waals surface area (Å²) in [5, 5.41) is 8.51. The van der Waals surface area contributed by atoms with Gasteiger partial charge in [0.15, 0.2) is 0 Å². The zero-order chi connectivity index (χ0) is 6.53. The summed E-state index contributed by atoms with van der Waals surface area (Å²) in [5.41, 5.74) is 0. The van der Waals surface area contributed by atoms with Crippen LogP contribution in [0.4, 0.5) is 0 Å². The van der Waals surface area contributed by atoms with Crippen LogP contribution in [-0.2, 0) is 4.74 Å². The molecule has 0 aromatic carbocycles. The molecule has 2 nitrogen and oxygen atoms in total. The summed E-state index contributed by atoms with van der Waals surface area (Å²) >= 11 is 0. The molecule has 9 heavy (non-hydrogen) atoms. The lowest BCUT2D eigenvalue weighted by molar-refractivity contribution is 0.0484. The molecule has 0 aromatic heterocycles. The van der Waals surface area contributed by atoms with Gasteiger partial charge in [-0.1, -0.05) is 12.2 Å². The molecule has 0 amide bonds. The highest BCUT2D eigenvalue weighted by Gasteiger charge is 2.07. The van der Waals surface area contributed by atoms with Gasteiger partial charge in [0.1, 0.15) is 0 Å². The topological polar surface area (TPSA) is 29.5 Å². The van der Waals surface area contributed by atoms with Gasteiger partial charge < -0.3 is 9.84 Å². The summed E-state index contributed by atoms with van der Waals surface area (Å²) < 4.78 is 5.27. The minimum Gasteiger partial charge on any atom is -0.396 e. The Bertz CT molecular complexity index is 99.1. The van der Waals surface area contributed by atoms with Crippen LogP contribution in [0, 0.1) is 0 Å². The summed E-state index contributed by atoms with van der Waals surface area (Å²) in [6, 6.07) is 0. The van der Waals surface area contributed by atoms with Crippen molar-refractivity contribution in [3.8, 4) is 0 Å². The predicted octanol–water partition coefficient (Wildman–Crippen LogP) is 0.714. The SMILES string of the molecule is OCCC1CC=CCO1. The first-order valence-electron chi connectivity index (χ1n) is 3.31. The lowest BCUT2D eigenvalue weighted by Crippen LogP contribution is -2.16. The van der Waals surface area contributed by atoms with Crippen LogP contribution in [0.1, 0.15) is 12.8 Å². The van der Waals surface area contributed by atoms with Crippen LogP contribution in [0.2, 0.25) is 0 Å². The standard InChI is InChI=1S/C7H12O2/c8-5-4-7-3-1-2-6-9-7/h1-2,7-8H,3-6H2. The lowest BCUT2D eigenvalue weighted by atomic mass is 10.1. The normalized spacial score (nSPS) is 26.6. The number of hydrogen-bond donors (Lipinski definition) is 1. The second-order valence-electron chi connectivity index (χ2n) is 2.17. The monoisotopic (exact) mass is 128 g/mol. The maximum atomic E-state index is 8.51. The third kappa shape index (κ3) is 2.16. The zero-order valence-corrected chi connectivity index (χ0v) is 5.42. The number of aliphatic hydroxyl groups is 1. The van der Waals surface area contributed by atoms with E-state index in [0.29, 0.717) is 6.61 Å². The summed E-state index contributed by atoms with van der Waals surface area (Å²) in [4.78, 5) is 0. The highest BCUT2D eigenvalue weighted by Crippen LogP contribution is 2.08. The molecule has 0 saturated heterocycles. The third-order valence-corrected chi connectivity index (χ3v) is 1.44. The van der Waals surface area contributed by atoms with Crippen molar-refractivity contribution in [2.24, 2.45) is 0 Å². The Morgan fingerprint density at radius 3 is 3.00 bits per heavy atom. The van der Waals surface area contributed by atoms with Crippen LogP contribution in [-0.4, -0.2) is 24.4 Å².